The van der Waals surface area contributed by atoms with Crippen LogP contribution in [0.1, 0.15) is 48.7 Å². The molecule has 0 bridgehead atoms. The lowest BCUT2D eigenvalue weighted by atomic mass is 9.76. The van der Waals surface area contributed by atoms with Crippen LogP contribution in [0.3, 0.4) is 0 Å². The second-order valence-electron chi connectivity index (χ2n) is 7.43. The highest BCUT2D eigenvalue weighted by Crippen LogP contribution is 2.30. The minimum absolute atomic E-state index is 0.0119. The molecule has 14 heteroatoms. The number of hydrogen-bond acceptors (Lipinski definition) is 9. The second-order valence-corrected chi connectivity index (χ2v) is 7.43. The first-order valence-corrected chi connectivity index (χ1v) is 10.8. The first-order chi connectivity index (χ1) is 16.7. The summed E-state index contributed by atoms with van der Waals surface area (Å²) in [5, 5.41) is 38.5. The molecule has 0 aliphatic carbocycles. The fourth-order valence-electron chi connectivity index (χ4n) is 3.38. The zero-order chi connectivity index (χ0) is 26.1. The Morgan fingerprint density at radius 1 is 1.11 bits per heavy atom. The Labute approximate surface area is 200 Å². The van der Waals surface area contributed by atoms with Gasteiger partial charge in [0.25, 0.3) is 0 Å². The van der Waals surface area contributed by atoms with E-state index in [2.05, 4.69) is 0 Å². The van der Waals surface area contributed by atoms with E-state index in [1.807, 2.05) is 13.8 Å². The molecule has 0 saturated heterocycles. The van der Waals surface area contributed by atoms with Gasteiger partial charge >= 0.3 is 14.2 Å². The molecule has 0 spiro atoms. The van der Waals surface area contributed by atoms with Gasteiger partial charge in [0, 0.05) is 21.4 Å². The van der Waals surface area contributed by atoms with Crippen molar-refractivity contribution in [1.29, 1.82) is 0 Å². The monoisotopic (exact) mass is 495 g/mol. The van der Waals surface area contributed by atoms with Crippen molar-refractivity contribution in [2.24, 2.45) is 0 Å². The molecule has 1 aliphatic heterocycles. The van der Waals surface area contributed by atoms with Gasteiger partial charge in [-0.05, 0) is 37.1 Å². The lowest BCUT2D eigenvalue weighted by Gasteiger charge is -2.12. The van der Waals surface area contributed by atoms with Crippen LogP contribution in [0, 0.1) is 21.7 Å². The van der Waals surface area contributed by atoms with E-state index >= 15 is 0 Å². The molecule has 0 radical (unpaired) electrons. The van der Waals surface area contributed by atoms with Crippen LogP contribution in [0.25, 0.3) is 0 Å². The van der Waals surface area contributed by atoms with Gasteiger partial charge in [0.15, 0.2) is 6.29 Å². The molecular weight excluding hydrogens is 470 g/mol. The zero-order valence-electron chi connectivity index (χ0n) is 19.1. The predicted molar refractivity (Wildman–Crippen MR) is 123 cm³/mol. The molecule has 1 aliphatic rings. The number of carbonyl (C=O) groups excluding carboxylic acids is 1. The number of ether oxygens (including phenoxy) is 2. The first-order valence-electron chi connectivity index (χ1n) is 10.8. The molecule has 0 fully saturated rings. The van der Waals surface area contributed by atoms with E-state index < -0.39 is 43.4 Å². The SMILES string of the molecule is CCCOc1ccc(F)c(C=O)c1B(O)O.CCCOc1ccc(F)c2c1B(O)OC2C[N+](=O)[O-]. The second kappa shape index (κ2) is 13.1. The van der Waals surface area contributed by atoms with Crippen molar-refractivity contribution in [3.8, 4) is 11.5 Å². The lowest BCUT2D eigenvalue weighted by molar-refractivity contribution is -0.490. The van der Waals surface area contributed by atoms with Gasteiger partial charge in [0.2, 0.25) is 6.54 Å². The highest BCUT2D eigenvalue weighted by molar-refractivity contribution is 6.63. The summed E-state index contributed by atoms with van der Waals surface area (Å²) in [7, 11) is -3.34. The normalized spacial score (nSPS) is 14.0. The van der Waals surface area contributed by atoms with Crippen LogP contribution in [0.15, 0.2) is 24.3 Å². The molecule has 1 unspecified atom stereocenters. The Hall–Kier alpha value is -3.06. The van der Waals surface area contributed by atoms with E-state index in [0.717, 1.165) is 25.0 Å². The van der Waals surface area contributed by atoms with Crippen molar-refractivity contribution in [3.63, 3.8) is 0 Å². The largest absolute Gasteiger partial charge is 0.496 e. The third kappa shape index (κ3) is 6.98. The first kappa shape index (κ1) is 28.2. The number of halogens is 2. The quantitative estimate of drug-likeness (QED) is 0.188. The standard InChI is InChI=1S/C11H13BFNO5.C10H12BFO4/c1-2-5-18-8-4-3-7(13)10-9(6-14(16)17)19-12(15)11(8)10;1-2-5-16-9-4-3-8(12)7(6-13)10(9)11(14)15/h3-4,9,15H,2,5-6H2,1H3;3-4,6,14-15H,2,5H2,1H3. The van der Waals surface area contributed by atoms with Crippen molar-refractivity contribution in [2.75, 3.05) is 19.8 Å². The van der Waals surface area contributed by atoms with Crippen molar-refractivity contribution in [1.82, 2.24) is 0 Å². The third-order valence-electron chi connectivity index (χ3n) is 4.86. The Kier molecular flexibility index (Phi) is 10.6. The summed E-state index contributed by atoms with van der Waals surface area (Å²) in [6.07, 6.45) is 0.615. The molecule has 2 aromatic rings. The Morgan fingerprint density at radius 2 is 1.69 bits per heavy atom. The van der Waals surface area contributed by atoms with E-state index in [-0.39, 0.29) is 34.1 Å². The molecule has 1 heterocycles. The molecule has 188 valence electrons. The molecule has 10 nitrogen and oxygen atoms in total. The molecule has 35 heavy (non-hydrogen) atoms. The number of aldehydes is 1. The van der Waals surface area contributed by atoms with Gasteiger partial charge in [-0.15, -0.1) is 0 Å². The number of fused-ring (bicyclic) bond motifs is 1. The minimum Gasteiger partial charge on any atom is -0.494 e. The number of hydrogen-bond donors (Lipinski definition) is 3. The number of carbonyl (C=O) groups is 1. The average molecular weight is 495 g/mol. The summed E-state index contributed by atoms with van der Waals surface area (Å²) in [5.74, 6) is -1.03. The Balaban J connectivity index is 0.000000251. The summed E-state index contributed by atoms with van der Waals surface area (Å²) in [6.45, 7) is 3.94. The van der Waals surface area contributed by atoms with Crippen LogP contribution in [0.2, 0.25) is 0 Å². The van der Waals surface area contributed by atoms with Crippen LogP contribution in [0.5, 0.6) is 11.5 Å². The molecule has 1 atom stereocenters. The number of nitro groups is 1. The van der Waals surface area contributed by atoms with Gasteiger partial charge in [-0.3, -0.25) is 14.9 Å². The van der Waals surface area contributed by atoms with E-state index in [1.165, 1.54) is 12.1 Å². The van der Waals surface area contributed by atoms with Crippen LogP contribution < -0.4 is 20.4 Å². The van der Waals surface area contributed by atoms with Gasteiger partial charge in [-0.2, -0.15) is 0 Å². The van der Waals surface area contributed by atoms with Gasteiger partial charge in [0.05, 0.1) is 18.8 Å². The number of nitrogens with zero attached hydrogens (tertiary/aromatic N) is 1. The maximum atomic E-state index is 13.8. The molecule has 2 aromatic carbocycles. The topological polar surface area (TPSA) is 149 Å². The summed E-state index contributed by atoms with van der Waals surface area (Å²) in [4.78, 5) is 20.6. The van der Waals surface area contributed by atoms with Gasteiger partial charge < -0.3 is 29.2 Å². The van der Waals surface area contributed by atoms with Crippen molar-refractivity contribution < 1.29 is 47.7 Å². The lowest BCUT2D eigenvalue weighted by Crippen LogP contribution is -2.35. The smallest absolute Gasteiger partial charge is 0.494 e. The molecule has 0 amide bonds. The van der Waals surface area contributed by atoms with E-state index in [9.17, 15) is 28.7 Å². The maximum Gasteiger partial charge on any atom is 0.496 e. The summed E-state index contributed by atoms with van der Waals surface area (Å²) >= 11 is 0. The Bertz CT molecular complexity index is 1040. The van der Waals surface area contributed by atoms with Crippen LogP contribution in [-0.2, 0) is 4.65 Å². The highest BCUT2D eigenvalue weighted by atomic mass is 19.1. The maximum absolute atomic E-state index is 13.8. The summed E-state index contributed by atoms with van der Waals surface area (Å²) < 4.78 is 42.6. The van der Waals surface area contributed by atoms with Crippen LogP contribution >= 0.6 is 0 Å². The van der Waals surface area contributed by atoms with Crippen LogP contribution in [0.4, 0.5) is 8.78 Å². The zero-order valence-corrected chi connectivity index (χ0v) is 19.1. The third-order valence-corrected chi connectivity index (χ3v) is 4.86. The van der Waals surface area contributed by atoms with Gasteiger partial charge in [0.1, 0.15) is 29.2 Å². The van der Waals surface area contributed by atoms with E-state index in [4.69, 9.17) is 24.2 Å². The Morgan fingerprint density at radius 3 is 2.23 bits per heavy atom. The molecule has 0 saturated carbocycles. The predicted octanol–water partition coefficient (Wildman–Crippen LogP) is 0.757. The van der Waals surface area contributed by atoms with Crippen LogP contribution in [-0.4, -0.2) is 60.3 Å². The van der Waals surface area contributed by atoms with E-state index in [0.29, 0.717) is 19.0 Å². The molecule has 3 rings (SSSR count). The van der Waals surface area contributed by atoms with Crippen molar-refractivity contribution in [3.05, 3.63) is 57.1 Å². The minimum atomic E-state index is -1.94. The molecule has 0 aromatic heterocycles. The highest BCUT2D eigenvalue weighted by Gasteiger charge is 2.42. The van der Waals surface area contributed by atoms with Gasteiger partial charge in [-0.25, -0.2) is 8.78 Å². The van der Waals surface area contributed by atoms with Crippen molar-refractivity contribution >= 4 is 31.4 Å². The fraction of sp³-hybridized carbons (Fsp3) is 0.381. The van der Waals surface area contributed by atoms with Gasteiger partial charge in [-0.1, -0.05) is 13.8 Å². The number of rotatable bonds is 10. The summed E-state index contributed by atoms with van der Waals surface area (Å²) in [6, 6.07) is 4.89. The average Bonchev–Trinajstić information content (AvgIpc) is 3.14. The van der Waals surface area contributed by atoms with E-state index in [1.54, 1.807) is 0 Å². The number of benzene rings is 2. The van der Waals surface area contributed by atoms with Crippen molar-refractivity contribution in [2.45, 2.75) is 32.8 Å². The fourth-order valence-corrected chi connectivity index (χ4v) is 3.38. The molecular formula is C21H25B2F2NO9. The summed E-state index contributed by atoms with van der Waals surface area (Å²) in [5.41, 5.74) is -0.454. The molecule has 3 N–H and O–H groups in total.